The third-order valence-electron chi connectivity index (χ3n) is 2.98. The largest absolute Gasteiger partial charge is 0.829 e. The van der Waals surface area contributed by atoms with E-state index in [1.165, 1.54) is 0 Å². The van der Waals surface area contributed by atoms with Crippen LogP contribution in [0.3, 0.4) is 0 Å². The standard InChI is InChI=1S/C10H17O7/c11-3-6-7(12)8(13)9(10(14)17-6)15-2-1-5-4-16-5/h5-13H,1-4H2/q-1/t5?,6-,7-,8+,9-,10+/m1/s1. The van der Waals surface area contributed by atoms with Crippen LogP contribution in [0.2, 0.25) is 0 Å². The van der Waals surface area contributed by atoms with Crippen molar-refractivity contribution in [1.29, 1.82) is 0 Å². The zero-order valence-electron chi connectivity index (χ0n) is 9.27. The van der Waals surface area contributed by atoms with Crippen LogP contribution in [0.5, 0.6) is 0 Å². The van der Waals surface area contributed by atoms with Crippen LogP contribution < -0.4 is 5.11 Å². The van der Waals surface area contributed by atoms with Crippen molar-refractivity contribution in [3.8, 4) is 0 Å². The lowest BCUT2D eigenvalue weighted by Crippen LogP contribution is -2.63. The zero-order valence-corrected chi connectivity index (χ0v) is 9.27. The molecular weight excluding hydrogens is 232 g/mol. The van der Waals surface area contributed by atoms with E-state index >= 15 is 0 Å². The average molecular weight is 249 g/mol. The molecule has 2 heterocycles. The van der Waals surface area contributed by atoms with Gasteiger partial charge in [-0.25, -0.2) is 0 Å². The predicted octanol–water partition coefficient (Wildman–Crippen LogP) is -3.04. The SMILES string of the molecule is [O-][C@H]1O[C@H](CO)[C@@H](O)[C@H](O)[C@H]1OCCC1CO1. The molecule has 0 aromatic heterocycles. The van der Waals surface area contributed by atoms with Crippen molar-refractivity contribution in [1.82, 2.24) is 0 Å². The summed E-state index contributed by atoms with van der Waals surface area (Å²) in [5.74, 6) is 0. The van der Waals surface area contributed by atoms with Gasteiger partial charge in [-0.05, 0) is 6.42 Å². The quantitative estimate of drug-likeness (QED) is 0.444. The van der Waals surface area contributed by atoms with Crippen LogP contribution >= 0.6 is 0 Å². The second kappa shape index (κ2) is 5.57. The molecule has 2 aliphatic heterocycles. The summed E-state index contributed by atoms with van der Waals surface area (Å²) < 4.78 is 15.0. The molecule has 0 bridgehead atoms. The van der Waals surface area contributed by atoms with Crippen LogP contribution in [0.1, 0.15) is 6.42 Å². The lowest BCUT2D eigenvalue weighted by Gasteiger charge is -2.45. The van der Waals surface area contributed by atoms with Crippen molar-refractivity contribution >= 4 is 0 Å². The Morgan fingerprint density at radius 2 is 2.00 bits per heavy atom. The number of ether oxygens (including phenoxy) is 3. The summed E-state index contributed by atoms with van der Waals surface area (Å²) in [6, 6.07) is 0. The molecule has 0 saturated carbocycles. The van der Waals surface area contributed by atoms with Gasteiger partial charge in [-0.1, -0.05) is 0 Å². The molecule has 0 aromatic rings. The summed E-state index contributed by atoms with van der Waals surface area (Å²) in [7, 11) is 0. The van der Waals surface area contributed by atoms with Crippen LogP contribution in [0.25, 0.3) is 0 Å². The molecule has 0 aromatic carbocycles. The van der Waals surface area contributed by atoms with Crippen molar-refractivity contribution in [2.75, 3.05) is 19.8 Å². The molecule has 2 rings (SSSR count). The van der Waals surface area contributed by atoms with Crippen LogP contribution in [0.4, 0.5) is 0 Å². The van der Waals surface area contributed by atoms with E-state index in [0.717, 1.165) is 0 Å². The Morgan fingerprint density at radius 3 is 2.59 bits per heavy atom. The van der Waals surface area contributed by atoms with Gasteiger partial charge in [0.2, 0.25) is 0 Å². The highest BCUT2D eigenvalue weighted by molar-refractivity contribution is 4.89. The van der Waals surface area contributed by atoms with Gasteiger partial charge in [0.25, 0.3) is 0 Å². The first-order chi connectivity index (χ1) is 8.13. The van der Waals surface area contributed by atoms with Crippen LogP contribution in [0.15, 0.2) is 0 Å². The summed E-state index contributed by atoms with van der Waals surface area (Å²) in [6.07, 6.45) is -5.61. The molecule has 100 valence electrons. The summed E-state index contributed by atoms with van der Waals surface area (Å²) >= 11 is 0. The molecule has 2 fully saturated rings. The predicted molar refractivity (Wildman–Crippen MR) is 51.9 cm³/mol. The Hall–Kier alpha value is -0.280. The van der Waals surface area contributed by atoms with Crippen molar-refractivity contribution in [3.63, 3.8) is 0 Å². The van der Waals surface area contributed by atoms with Gasteiger partial charge >= 0.3 is 0 Å². The number of epoxide rings is 1. The first kappa shape index (κ1) is 13.2. The molecule has 2 aliphatic rings. The molecule has 17 heavy (non-hydrogen) atoms. The summed E-state index contributed by atoms with van der Waals surface area (Å²) in [5.41, 5.74) is 0. The first-order valence-electron chi connectivity index (χ1n) is 5.65. The van der Waals surface area contributed by atoms with Crippen LogP contribution in [0, 0.1) is 0 Å². The highest BCUT2D eigenvalue weighted by atomic mass is 16.7. The van der Waals surface area contributed by atoms with Gasteiger partial charge in [-0.2, -0.15) is 0 Å². The van der Waals surface area contributed by atoms with Gasteiger partial charge in [0.05, 0.1) is 25.4 Å². The second-order valence-electron chi connectivity index (χ2n) is 4.29. The highest BCUT2D eigenvalue weighted by Crippen LogP contribution is 2.22. The van der Waals surface area contributed by atoms with Gasteiger partial charge in [0.1, 0.15) is 18.3 Å². The molecule has 7 nitrogen and oxygen atoms in total. The van der Waals surface area contributed by atoms with E-state index in [-0.39, 0.29) is 12.7 Å². The third-order valence-corrected chi connectivity index (χ3v) is 2.98. The lowest BCUT2D eigenvalue weighted by molar-refractivity contribution is -0.534. The first-order valence-corrected chi connectivity index (χ1v) is 5.65. The maximum Gasteiger partial charge on any atom is 0.111 e. The van der Waals surface area contributed by atoms with E-state index in [1.54, 1.807) is 0 Å². The normalized spacial score (nSPS) is 45.9. The zero-order chi connectivity index (χ0) is 12.4. The van der Waals surface area contributed by atoms with E-state index in [2.05, 4.69) is 0 Å². The molecule has 7 heteroatoms. The average Bonchev–Trinajstić information content (AvgIpc) is 3.12. The Morgan fingerprint density at radius 1 is 1.29 bits per heavy atom. The van der Waals surface area contributed by atoms with Crippen LogP contribution in [-0.4, -0.2) is 72.0 Å². The van der Waals surface area contributed by atoms with Gasteiger partial charge in [0, 0.05) is 12.9 Å². The minimum atomic E-state index is -1.61. The molecule has 6 atom stereocenters. The molecule has 0 spiro atoms. The summed E-state index contributed by atoms with van der Waals surface area (Å²) in [6.45, 7) is 0.452. The number of aliphatic hydroxyl groups is 3. The number of rotatable bonds is 5. The maximum atomic E-state index is 11.5. The van der Waals surface area contributed by atoms with Gasteiger partial charge in [-0.15, -0.1) is 0 Å². The Labute approximate surface area is 98.5 Å². The molecule has 0 amide bonds. The van der Waals surface area contributed by atoms with E-state index in [1.807, 2.05) is 0 Å². The number of hydrogen-bond donors (Lipinski definition) is 3. The van der Waals surface area contributed by atoms with Gasteiger partial charge in [-0.3, -0.25) is 0 Å². The van der Waals surface area contributed by atoms with E-state index in [9.17, 15) is 15.3 Å². The van der Waals surface area contributed by atoms with Crippen molar-refractivity contribution in [2.45, 2.75) is 43.2 Å². The molecule has 3 N–H and O–H groups in total. The van der Waals surface area contributed by atoms with E-state index in [4.69, 9.17) is 19.3 Å². The smallest absolute Gasteiger partial charge is 0.111 e. The monoisotopic (exact) mass is 249 g/mol. The molecular formula is C10H17O7-. The Bertz CT molecular complexity index is 245. The van der Waals surface area contributed by atoms with Crippen molar-refractivity contribution < 1.29 is 34.6 Å². The summed E-state index contributed by atoms with van der Waals surface area (Å²) in [5, 5.41) is 39.6. The minimum Gasteiger partial charge on any atom is -0.829 e. The minimum absolute atomic E-state index is 0.178. The Kier molecular flexibility index (Phi) is 4.31. The topological polar surface area (TPSA) is 115 Å². The maximum absolute atomic E-state index is 11.5. The second-order valence-corrected chi connectivity index (χ2v) is 4.29. The fraction of sp³-hybridized carbons (Fsp3) is 1.00. The summed E-state index contributed by atoms with van der Waals surface area (Å²) in [4.78, 5) is 0. The van der Waals surface area contributed by atoms with E-state index < -0.39 is 37.3 Å². The van der Waals surface area contributed by atoms with Gasteiger partial charge in [0.15, 0.2) is 0 Å². The number of aliphatic hydroxyl groups excluding tert-OH is 3. The van der Waals surface area contributed by atoms with E-state index in [0.29, 0.717) is 13.0 Å². The highest BCUT2D eigenvalue weighted by Gasteiger charge is 2.40. The third kappa shape index (κ3) is 3.14. The Balaban J connectivity index is 1.82. The molecule has 1 unspecified atom stereocenters. The van der Waals surface area contributed by atoms with Crippen LogP contribution in [-0.2, 0) is 14.2 Å². The lowest BCUT2D eigenvalue weighted by atomic mass is 9.99. The fourth-order valence-electron chi connectivity index (χ4n) is 1.80. The molecule has 0 aliphatic carbocycles. The fourth-order valence-corrected chi connectivity index (χ4v) is 1.80. The van der Waals surface area contributed by atoms with Gasteiger partial charge < -0.3 is 34.6 Å². The molecule has 2 saturated heterocycles. The van der Waals surface area contributed by atoms with Crippen molar-refractivity contribution in [3.05, 3.63) is 0 Å². The van der Waals surface area contributed by atoms with Crippen molar-refractivity contribution in [2.24, 2.45) is 0 Å². The molecule has 0 radical (unpaired) electrons. The number of hydrogen-bond acceptors (Lipinski definition) is 7.